The molecule has 7 heteroatoms. The van der Waals surface area contributed by atoms with Crippen molar-refractivity contribution in [2.75, 3.05) is 41.3 Å². The molecular formula is C21H28N6S. The lowest BCUT2D eigenvalue weighted by Gasteiger charge is -2.29. The van der Waals surface area contributed by atoms with Crippen LogP contribution in [0.25, 0.3) is 0 Å². The molecule has 1 aromatic heterocycles. The summed E-state index contributed by atoms with van der Waals surface area (Å²) in [5, 5.41) is 7.00. The van der Waals surface area contributed by atoms with E-state index in [4.69, 9.17) is 22.2 Å². The monoisotopic (exact) mass is 396 g/mol. The Kier molecular flexibility index (Phi) is 6.21. The zero-order chi connectivity index (χ0) is 19.2. The van der Waals surface area contributed by atoms with Gasteiger partial charge in [-0.3, -0.25) is 0 Å². The highest BCUT2D eigenvalue weighted by Crippen LogP contribution is 2.26. The van der Waals surface area contributed by atoms with E-state index in [2.05, 4.69) is 38.6 Å². The van der Waals surface area contributed by atoms with Crippen molar-refractivity contribution in [2.24, 2.45) is 0 Å². The van der Waals surface area contributed by atoms with Gasteiger partial charge in [-0.15, -0.1) is 0 Å². The Balaban J connectivity index is 1.47. The third-order valence-corrected chi connectivity index (χ3v) is 5.58. The fraction of sp³-hybridized carbons (Fsp3) is 0.476. The molecule has 6 nitrogen and oxygen atoms in total. The van der Waals surface area contributed by atoms with Crippen LogP contribution in [0.2, 0.25) is 0 Å². The van der Waals surface area contributed by atoms with E-state index in [0.717, 1.165) is 37.8 Å². The molecule has 2 aromatic rings. The van der Waals surface area contributed by atoms with Crippen LogP contribution in [-0.4, -0.2) is 41.3 Å². The van der Waals surface area contributed by atoms with E-state index in [1.165, 1.54) is 37.7 Å². The molecule has 2 N–H and O–H groups in total. The quantitative estimate of drug-likeness (QED) is 0.750. The van der Waals surface area contributed by atoms with E-state index in [0.29, 0.717) is 17.6 Å². The van der Waals surface area contributed by atoms with Crippen LogP contribution in [0.4, 0.5) is 17.6 Å². The Bertz CT molecular complexity index is 785. The molecule has 0 atom stereocenters. The number of hydrogen-bond donors (Lipinski definition) is 2. The summed E-state index contributed by atoms with van der Waals surface area (Å²) >= 11 is 5.48. The number of benzene rings is 1. The first-order chi connectivity index (χ1) is 13.8. The summed E-state index contributed by atoms with van der Waals surface area (Å²) in [6.07, 6.45) is 6.20. The zero-order valence-corrected chi connectivity index (χ0v) is 17.0. The van der Waals surface area contributed by atoms with Crippen molar-refractivity contribution in [3.8, 4) is 0 Å². The zero-order valence-electron chi connectivity index (χ0n) is 16.2. The second kappa shape index (κ2) is 9.19. The van der Waals surface area contributed by atoms with Crippen LogP contribution in [-0.2, 0) is 6.54 Å². The van der Waals surface area contributed by atoms with E-state index in [9.17, 15) is 0 Å². The molecule has 148 valence electrons. The van der Waals surface area contributed by atoms with E-state index in [-0.39, 0.29) is 0 Å². The van der Waals surface area contributed by atoms with E-state index < -0.39 is 0 Å². The molecule has 2 fully saturated rings. The van der Waals surface area contributed by atoms with Crippen molar-refractivity contribution in [1.82, 2.24) is 15.3 Å². The van der Waals surface area contributed by atoms with Gasteiger partial charge in [0.15, 0.2) is 5.11 Å². The maximum Gasteiger partial charge on any atom is 0.232 e. The molecule has 2 aliphatic heterocycles. The van der Waals surface area contributed by atoms with E-state index >= 15 is 0 Å². The Morgan fingerprint density at radius 1 is 0.857 bits per heavy atom. The van der Waals surface area contributed by atoms with Crippen LogP contribution in [0.1, 0.15) is 37.7 Å². The van der Waals surface area contributed by atoms with Gasteiger partial charge in [0, 0.05) is 38.8 Å². The molecule has 0 radical (unpaired) electrons. The summed E-state index contributed by atoms with van der Waals surface area (Å²) in [6, 6.07) is 12.4. The standard InChI is InChI=1S/C21H28N6S/c28-21(22-16-17-9-3-1-4-10-17)25-20-23-18(26-11-5-2-6-12-26)15-19(24-20)27-13-7-8-14-27/h1,3-4,9-10,15H,2,5-8,11-14,16H2,(H2,22,23,24,25,28). The molecule has 0 spiro atoms. The predicted molar refractivity (Wildman–Crippen MR) is 119 cm³/mol. The van der Waals surface area contributed by atoms with Gasteiger partial charge in [0.25, 0.3) is 0 Å². The van der Waals surface area contributed by atoms with Crippen molar-refractivity contribution < 1.29 is 0 Å². The maximum absolute atomic E-state index is 5.48. The average molecular weight is 397 g/mol. The number of rotatable bonds is 5. The molecule has 28 heavy (non-hydrogen) atoms. The summed E-state index contributed by atoms with van der Waals surface area (Å²) in [7, 11) is 0. The number of piperidine rings is 1. The Hall–Kier alpha value is -2.41. The SMILES string of the molecule is S=C(NCc1ccccc1)Nc1nc(N2CCCCC2)cc(N2CCCC2)n1. The fourth-order valence-electron chi connectivity index (χ4n) is 3.80. The molecule has 4 rings (SSSR count). The molecule has 1 aromatic carbocycles. The molecule has 0 unspecified atom stereocenters. The third-order valence-electron chi connectivity index (χ3n) is 5.33. The molecule has 0 saturated carbocycles. The molecule has 0 aliphatic carbocycles. The van der Waals surface area contributed by atoms with E-state index in [1.807, 2.05) is 18.2 Å². The van der Waals surface area contributed by atoms with Crippen LogP contribution in [0, 0.1) is 0 Å². The van der Waals surface area contributed by atoms with Crippen LogP contribution in [0.3, 0.4) is 0 Å². The number of hydrogen-bond acceptors (Lipinski definition) is 5. The smallest absolute Gasteiger partial charge is 0.232 e. The van der Waals surface area contributed by atoms with Crippen LogP contribution in [0.15, 0.2) is 36.4 Å². The van der Waals surface area contributed by atoms with Crippen molar-refractivity contribution in [1.29, 1.82) is 0 Å². The van der Waals surface area contributed by atoms with Gasteiger partial charge in [0.05, 0.1) is 0 Å². The summed E-state index contributed by atoms with van der Waals surface area (Å²) < 4.78 is 0. The Morgan fingerprint density at radius 2 is 1.43 bits per heavy atom. The average Bonchev–Trinajstić information content (AvgIpc) is 3.28. The fourth-order valence-corrected chi connectivity index (χ4v) is 3.96. The highest BCUT2D eigenvalue weighted by molar-refractivity contribution is 7.80. The molecular weight excluding hydrogens is 368 g/mol. The van der Waals surface area contributed by atoms with Crippen molar-refractivity contribution in [2.45, 2.75) is 38.6 Å². The van der Waals surface area contributed by atoms with Gasteiger partial charge in [-0.05, 0) is 49.9 Å². The largest absolute Gasteiger partial charge is 0.358 e. The van der Waals surface area contributed by atoms with Gasteiger partial charge in [0.2, 0.25) is 5.95 Å². The minimum atomic E-state index is 0.548. The normalized spacial score (nSPS) is 16.9. The second-order valence-electron chi connectivity index (χ2n) is 7.44. The van der Waals surface area contributed by atoms with Crippen LogP contribution < -0.4 is 20.4 Å². The minimum absolute atomic E-state index is 0.548. The van der Waals surface area contributed by atoms with Gasteiger partial charge in [-0.2, -0.15) is 9.97 Å². The van der Waals surface area contributed by atoms with Gasteiger partial charge in [-0.1, -0.05) is 30.3 Å². The second-order valence-corrected chi connectivity index (χ2v) is 7.85. The predicted octanol–water partition coefficient (Wildman–Crippen LogP) is 3.55. The first-order valence-electron chi connectivity index (χ1n) is 10.3. The van der Waals surface area contributed by atoms with Crippen LogP contribution in [0.5, 0.6) is 0 Å². The van der Waals surface area contributed by atoms with Crippen molar-refractivity contribution in [3.05, 3.63) is 42.0 Å². The van der Waals surface area contributed by atoms with E-state index in [1.54, 1.807) is 0 Å². The Morgan fingerprint density at radius 3 is 2.04 bits per heavy atom. The number of thiocarbonyl (C=S) groups is 1. The first-order valence-corrected chi connectivity index (χ1v) is 10.7. The molecule has 3 heterocycles. The summed E-state index contributed by atoms with van der Waals surface area (Å²) in [5.74, 6) is 2.59. The highest BCUT2D eigenvalue weighted by atomic mass is 32.1. The molecule has 2 aliphatic rings. The first kappa shape index (κ1) is 18.9. The van der Waals surface area contributed by atoms with Gasteiger partial charge >= 0.3 is 0 Å². The number of nitrogens with zero attached hydrogens (tertiary/aromatic N) is 4. The third kappa shape index (κ3) is 4.90. The summed E-state index contributed by atoms with van der Waals surface area (Å²) in [4.78, 5) is 14.2. The number of aromatic nitrogens is 2. The van der Waals surface area contributed by atoms with Gasteiger partial charge in [0.1, 0.15) is 11.6 Å². The van der Waals surface area contributed by atoms with Gasteiger partial charge in [-0.25, -0.2) is 0 Å². The Labute approximate surface area is 172 Å². The van der Waals surface area contributed by atoms with Crippen molar-refractivity contribution >= 4 is 34.9 Å². The lowest BCUT2D eigenvalue weighted by Crippen LogP contribution is -2.32. The molecule has 2 saturated heterocycles. The lowest BCUT2D eigenvalue weighted by atomic mass is 10.1. The van der Waals surface area contributed by atoms with Crippen LogP contribution >= 0.6 is 12.2 Å². The van der Waals surface area contributed by atoms with Crippen molar-refractivity contribution in [3.63, 3.8) is 0 Å². The molecule has 0 amide bonds. The number of nitrogens with one attached hydrogen (secondary N) is 2. The summed E-state index contributed by atoms with van der Waals surface area (Å²) in [6.45, 7) is 4.93. The highest BCUT2D eigenvalue weighted by Gasteiger charge is 2.19. The number of anilines is 3. The topological polar surface area (TPSA) is 56.3 Å². The maximum atomic E-state index is 5.48. The van der Waals surface area contributed by atoms with Gasteiger partial charge < -0.3 is 20.4 Å². The lowest BCUT2D eigenvalue weighted by molar-refractivity contribution is 0.573. The molecule has 0 bridgehead atoms. The summed E-state index contributed by atoms with van der Waals surface area (Å²) in [5.41, 5.74) is 1.19. The minimum Gasteiger partial charge on any atom is -0.358 e.